The van der Waals surface area contributed by atoms with Crippen LogP contribution in [0, 0.1) is 0 Å². The van der Waals surface area contributed by atoms with Crippen molar-refractivity contribution in [2.75, 3.05) is 27.9 Å². The van der Waals surface area contributed by atoms with E-state index in [1.807, 2.05) is 36.3 Å². The van der Waals surface area contributed by atoms with Crippen LogP contribution in [0.3, 0.4) is 0 Å². The summed E-state index contributed by atoms with van der Waals surface area (Å²) in [5, 5.41) is 2.84. The van der Waals surface area contributed by atoms with Gasteiger partial charge in [0.25, 0.3) is 0 Å². The fourth-order valence-corrected chi connectivity index (χ4v) is 4.31. The standard InChI is InChI=1S/C20H24N2O5S/c1-7-27-19(23)16-12(3)21-20-22(11(2)10-28-20)17(16)13-8-14(24-4)18(26-6)15(9-13)25-5/h8-10,17H,7H2,1-6H3/t17-/m0/s1. The predicted molar refractivity (Wildman–Crippen MR) is 109 cm³/mol. The SMILES string of the molecule is CCOC(=O)C1=C(C)N=C2SC=C(C)N2[C@H]1c1cc(OC)c(OC)c(OC)c1. The quantitative estimate of drug-likeness (QED) is 0.667. The number of fused-ring (bicyclic) bond motifs is 1. The molecule has 0 radical (unpaired) electrons. The molecule has 0 saturated heterocycles. The Morgan fingerprint density at radius 3 is 2.32 bits per heavy atom. The highest BCUT2D eigenvalue weighted by Crippen LogP contribution is 2.47. The average molecular weight is 404 g/mol. The van der Waals surface area contributed by atoms with E-state index in [-0.39, 0.29) is 12.6 Å². The van der Waals surface area contributed by atoms with Crippen molar-refractivity contribution >= 4 is 22.9 Å². The van der Waals surface area contributed by atoms with Gasteiger partial charge >= 0.3 is 5.97 Å². The molecule has 28 heavy (non-hydrogen) atoms. The zero-order chi connectivity index (χ0) is 20.4. The van der Waals surface area contributed by atoms with Gasteiger partial charge in [0.15, 0.2) is 16.7 Å². The van der Waals surface area contributed by atoms with Gasteiger partial charge in [-0.1, -0.05) is 11.8 Å². The van der Waals surface area contributed by atoms with Crippen LogP contribution in [0.15, 0.2) is 39.5 Å². The Balaban J connectivity index is 2.22. The summed E-state index contributed by atoms with van der Waals surface area (Å²) in [4.78, 5) is 19.5. The molecule has 2 heterocycles. The van der Waals surface area contributed by atoms with E-state index in [4.69, 9.17) is 18.9 Å². The summed E-state index contributed by atoms with van der Waals surface area (Å²) >= 11 is 1.53. The van der Waals surface area contributed by atoms with E-state index >= 15 is 0 Å². The Morgan fingerprint density at radius 2 is 1.79 bits per heavy atom. The van der Waals surface area contributed by atoms with Crippen LogP contribution in [0.1, 0.15) is 32.4 Å². The van der Waals surface area contributed by atoms with Crippen molar-refractivity contribution in [1.82, 2.24) is 4.90 Å². The minimum Gasteiger partial charge on any atom is -0.493 e. The molecule has 0 N–H and O–H groups in total. The summed E-state index contributed by atoms with van der Waals surface area (Å²) in [6.07, 6.45) is 0. The maximum Gasteiger partial charge on any atom is 0.338 e. The van der Waals surface area contributed by atoms with Crippen LogP contribution in [-0.4, -0.2) is 44.0 Å². The van der Waals surface area contributed by atoms with Crippen LogP contribution < -0.4 is 14.2 Å². The Kier molecular flexibility index (Phi) is 5.88. The number of benzene rings is 1. The van der Waals surface area contributed by atoms with Gasteiger partial charge in [0, 0.05) is 5.70 Å². The molecule has 1 atom stereocenters. The molecule has 0 saturated carbocycles. The molecule has 1 aromatic carbocycles. The number of rotatable bonds is 6. The van der Waals surface area contributed by atoms with Gasteiger partial charge in [0.05, 0.1) is 45.2 Å². The zero-order valence-corrected chi connectivity index (χ0v) is 17.7. The second-order valence-electron chi connectivity index (χ2n) is 6.22. The Labute approximate surface area is 169 Å². The molecule has 0 aliphatic carbocycles. The van der Waals surface area contributed by atoms with Crippen LogP contribution in [0.4, 0.5) is 0 Å². The van der Waals surface area contributed by atoms with Crippen molar-refractivity contribution < 1.29 is 23.7 Å². The number of methoxy groups -OCH3 is 3. The first kappa shape index (κ1) is 20.1. The van der Waals surface area contributed by atoms with Crippen molar-refractivity contribution in [2.45, 2.75) is 26.8 Å². The molecule has 7 nitrogen and oxygen atoms in total. The van der Waals surface area contributed by atoms with Gasteiger partial charge in [0.2, 0.25) is 5.75 Å². The maximum atomic E-state index is 12.8. The van der Waals surface area contributed by atoms with E-state index in [0.29, 0.717) is 28.5 Å². The molecule has 1 aromatic rings. The van der Waals surface area contributed by atoms with Gasteiger partial charge in [-0.05, 0) is 43.9 Å². The van der Waals surface area contributed by atoms with E-state index in [1.165, 1.54) is 11.8 Å². The van der Waals surface area contributed by atoms with Crippen LogP contribution in [0.2, 0.25) is 0 Å². The number of aliphatic imine (C=N–C) groups is 1. The first-order valence-electron chi connectivity index (χ1n) is 8.85. The molecule has 2 aliphatic heterocycles. The van der Waals surface area contributed by atoms with Crippen molar-refractivity contribution in [3.05, 3.63) is 40.1 Å². The third kappa shape index (κ3) is 3.32. The molecular formula is C20H24N2O5S. The zero-order valence-electron chi connectivity index (χ0n) is 16.9. The summed E-state index contributed by atoms with van der Waals surface area (Å²) in [6.45, 7) is 5.90. The second kappa shape index (κ2) is 8.18. The van der Waals surface area contributed by atoms with Crippen LogP contribution in [0.25, 0.3) is 0 Å². The lowest BCUT2D eigenvalue weighted by molar-refractivity contribution is -0.139. The van der Waals surface area contributed by atoms with Crippen molar-refractivity contribution in [2.24, 2.45) is 4.99 Å². The molecule has 0 unspecified atom stereocenters. The number of esters is 1. The molecule has 0 bridgehead atoms. The summed E-state index contributed by atoms with van der Waals surface area (Å²) in [7, 11) is 4.70. The fraction of sp³-hybridized carbons (Fsp3) is 0.400. The van der Waals surface area contributed by atoms with E-state index in [2.05, 4.69) is 4.99 Å². The number of ether oxygens (including phenoxy) is 4. The molecule has 0 amide bonds. The smallest absolute Gasteiger partial charge is 0.338 e. The minimum absolute atomic E-state index is 0.289. The molecule has 0 spiro atoms. The second-order valence-corrected chi connectivity index (χ2v) is 7.06. The summed E-state index contributed by atoms with van der Waals surface area (Å²) < 4.78 is 21.8. The maximum absolute atomic E-state index is 12.8. The highest BCUT2D eigenvalue weighted by Gasteiger charge is 2.40. The van der Waals surface area contributed by atoms with Gasteiger partial charge in [-0.25, -0.2) is 9.79 Å². The molecule has 0 aromatic heterocycles. The number of allylic oxidation sites excluding steroid dienone is 2. The predicted octanol–water partition coefficient (Wildman–Crippen LogP) is 3.87. The van der Waals surface area contributed by atoms with E-state index in [9.17, 15) is 4.79 Å². The monoisotopic (exact) mass is 404 g/mol. The fourth-order valence-electron chi connectivity index (χ4n) is 3.37. The number of amidine groups is 1. The number of carbonyl (C=O) groups excluding carboxylic acids is 1. The number of carbonyl (C=O) groups is 1. The number of hydrogen-bond acceptors (Lipinski definition) is 8. The molecular weight excluding hydrogens is 380 g/mol. The lowest BCUT2D eigenvalue weighted by Gasteiger charge is -2.35. The first-order chi connectivity index (χ1) is 13.5. The lowest BCUT2D eigenvalue weighted by Crippen LogP contribution is -2.36. The van der Waals surface area contributed by atoms with Crippen molar-refractivity contribution in [3.8, 4) is 17.2 Å². The molecule has 8 heteroatoms. The largest absolute Gasteiger partial charge is 0.493 e. The highest BCUT2D eigenvalue weighted by molar-refractivity contribution is 8.16. The van der Waals surface area contributed by atoms with Gasteiger partial charge < -0.3 is 23.8 Å². The highest BCUT2D eigenvalue weighted by atomic mass is 32.2. The van der Waals surface area contributed by atoms with Crippen LogP contribution in [-0.2, 0) is 9.53 Å². The molecule has 3 rings (SSSR count). The Bertz CT molecular complexity index is 866. The number of nitrogens with zero attached hydrogens (tertiary/aromatic N) is 2. The Hall–Kier alpha value is -2.61. The average Bonchev–Trinajstić information content (AvgIpc) is 3.05. The van der Waals surface area contributed by atoms with E-state index < -0.39 is 6.04 Å². The normalized spacial score (nSPS) is 18.4. The van der Waals surface area contributed by atoms with Crippen LogP contribution >= 0.6 is 11.8 Å². The van der Waals surface area contributed by atoms with Gasteiger partial charge in [-0.2, -0.15) is 0 Å². The summed E-state index contributed by atoms with van der Waals surface area (Å²) in [5.41, 5.74) is 2.95. The molecule has 2 aliphatic rings. The number of hydrogen-bond donors (Lipinski definition) is 0. The van der Waals surface area contributed by atoms with Gasteiger partial charge in [-0.15, -0.1) is 0 Å². The summed E-state index contributed by atoms with van der Waals surface area (Å²) in [6, 6.07) is 3.31. The van der Waals surface area contributed by atoms with Gasteiger partial charge in [-0.3, -0.25) is 0 Å². The third-order valence-electron chi connectivity index (χ3n) is 4.60. The third-order valence-corrected chi connectivity index (χ3v) is 5.56. The lowest BCUT2D eigenvalue weighted by atomic mass is 9.93. The topological polar surface area (TPSA) is 69.6 Å². The van der Waals surface area contributed by atoms with E-state index in [1.54, 1.807) is 28.3 Å². The van der Waals surface area contributed by atoms with Gasteiger partial charge in [0.1, 0.15) is 0 Å². The summed E-state index contributed by atoms with van der Waals surface area (Å²) in [5.74, 6) is 1.16. The van der Waals surface area contributed by atoms with Crippen molar-refractivity contribution in [1.29, 1.82) is 0 Å². The Morgan fingerprint density at radius 1 is 1.14 bits per heavy atom. The first-order valence-corrected chi connectivity index (χ1v) is 9.73. The van der Waals surface area contributed by atoms with Crippen molar-refractivity contribution in [3.63, 3.8) is 0 Å². The minimum atomic E-state index is -0.411. The molecule has 150 valence electrons. The number of thioether (sulfide) groups is 1. The molecule has 0 fully saturated rings. The van der Waals surface area contributed by atoms with E-state index in [0.717, 1.165) is 16.4 Å². The van der Waals surface area contributed by atoms with Crippen LogP contribution in [0.5, 0.6) is 17.2 Å².